The first-order chi connectivity index (χ1) is 8.69. The molecule has 0 spiro atoms. The zero-order chi connectivity index (χ0) is 12.7. The van der Waals surface area contributed by atoms with E-state index in [1.807, 2.05) is 0 Å². The Morgan fingerprint density at radius 1 is 1.50 bits per heavy atom. The second-order valence-electron chi connectivity index (χ2n) is 4.95. The molecule has 1 fully saturated rings. The lowest BCUT2D eigenvalue weighted by Crippen LogP contribution is -2.14. The van der Waals surface area contributed by atoms with Gasteiger partial charge in [0.1, 0.15) is 5.82 Å². The van der Waals surface area contributed by atoms with Crippen LogP contribution in [0.3, 0.4) is 0 Å². The van der Waals surface area contributed by atoms with Crippen molar-refractivity contribution in [2.24, 2.45) is 0 Å². The Morgan fingerprint density at radius 2 is 2.33 bits per heavy atom. The fourth-order valence-electron chi connectivity index (χ4n) is 2.80. The number of rotatable bonds is 2. The van der Waals surface area contributed by atoms with E-state index < -0.39 is 0 Å². The molecule has 0 aliphatic carbocycles. The molecule has 1 N–H and O–H groups in total. The number of imidazole rings is 1. The van der Waals surface area contributed by atoms with Crippen LogP contribution in [0.4, 0.5) is 0 Å². The van der Waals surface area contributed by atoms with Crippen molar-refractivity contribution in [2.45, 2.75) is 38.7 Å². The summed E-state index contributed by atoms with van der Waals surface area (Å²) in [7, 11) is 0. The van der Waals surface area contributed by atoms with Gasteiger partial charge in [0.25, 0.3) is 0 Å². The van der Waals surface area contributed by atoms with Crippen molar-refractivity contribution in [1.82, 2.24) is 9.97 Å². The SMILES string of the molecule is CCC1OCCC1c1nc2c(C)cc(Br)cc2[nH]1. The first-order valence-corrected chi connectivity index (χ1v) is 7.25. The van der Waals surface area contributed by atoms with E-state index in [0.717, 1.165) is 40.8 Å². The summed E-state index contributed by atoms with van der Waals surface area (Å²) in [5, 5.41) is 0. The Hall–Kier alpha value is -0.870. The highest BCUT2D eigenvalue weighted by atomic mass is 79.9. The number of benzene rings is 1. The minimum atomic E-state index is 0.314. The third kappa shape index (κ3) is 1.97. The normalized spacial score (nSPS) is 23.9. The number of aromatic nitrogens is 2. The summed E-state index contributed by atoms with van der Waals surface area (Å²) in [6.45, 7) is 5.12. The zero-order valence-electron chi connectivity index (χ0n) is 10.7. The molecule has 1 aromatic carbocycles. The zero-order valence-corrected chi connectivity index (χ0v) is 12.3. The number of nitrogens with one attached hydrogen (secondary N) is 1. The van der Waals surface area contributed by atoms with Gasteiger partial charge in [-0.2, -0.15) is 0 Å². The number of hydrogen-bond acceptors (Lipinski definition) is 2. The number of aryl methyl sites for hydroxylation is 1. The topological polar surface area (TPSA) is 37.9 Å². The molecule has 0 radical (unpaired) electrons. The van der Waals surface area contributed by atoms with Crippen LogP contribution in [-0.4, -0.2) is 22.7 Å². The molecule has 96 valence electrons. The van der Waals surface area contributed by atoms with Crippen LogP contribution in [0.15, 0.2) is 16.6 Å². The molecule has 3 rings (SSSR count). The number of fused-ring (bicyclic) bond motifs is 1. The largest absolute Gasteiger partial charge is 0.377 e. The summed E-state index contributed by atoms with van der Waals surface area (Å²) in [5.41, 5.74) is 3.39. The van der Waals surface area contributed by atoms with Gasteiger partial charge in [-0.1, -0.05) is 22.9 Å². The molecule has 18 heavy (non-hydrogen) atoms. The molecule has 0 bridgehead atoms. The Morgan fingerprint density at radius 3 is 3.11 bits per heavy atom. The summed E-state index contributed by atoms with van der Waals surface area (Å²) < 4.78 is 6.84. The molecule has 2 atom stereocenters. The monoisotopic (exact) mass is 308 g/mol. The second-order valence-corrected chi connectivity index (χ2v) is 5.87. The summed E-state index contributed by atoms with van der Waals surface area (Å²) in [4.78, 5) is 8.24. The van der Waals surface area contributed by atoms with Crippen molar-refractivity contribution in [1.29, 1.82) is 0 Å². The fourth-order valence-corrected chi connectivity index (χ4v) is 3.38. The predicted octanol–water partition coefficient (Wildman–Crippen LogP) is 3.92. The Bertz CT molecular complexity index is 578. The van der Waals surface area contributed by atoms with Crippen LogP contribution >= 0.6 is 15.9 Å². The van der Waals surface area contributed by atoms with E-state index in [2.05, 4.69) is 46.9 Å². The quantitative estimate of drug-likeness (QED) is 0.913. The van der Waals surface area contributed by atoms with Gasteiger partial charge in [0.2, 0.25) is 0 Å². The molecular weight excluding hydrogens is 292 g/mol. The highest BCUT2D eigenvalue weighted by Gasteiger charge is 2.30. The van der Waals surface area contributed by atoms with Gasteiger partial charge < -0.3 is 9.72 Å². The minimum absolute atomic E-state index is 0.314. The van der Waals surface area contributed by atoms with Crippen LogP contribution in [-0.2, 0) is 4.74 Å². The first kappa shape index (κ1) is 12.2. The average molecular weight is 309 g/mol. The summed E-state index contributed by atoms with van der Waals surface area (Å²) in [5.74, 6) is 1.50. The van der Waals surface area contributed by atoms with Gasteiger partial charge in [-0.3, -0.25) is 0 Å². The van der Waals surface area contributed by atoms with Crippen LogP contribution in [0.5, 0.6) is 0 Å². The molecular formula is C14H17BrN2O. The van der Waals surface area contributed by atoms with Crippen molar-refractivity contribution >= 4 is 27.0 Å². The molecule has 1 saturated heterocycles. The number of ether oxygens (including phenoxy) is 1. The maximum absolute atomic E-state index is 5.75. The average Bonchev–Trinajstić information content (AvgIpc) is 2.92. The fraction of sp³-hybridized carbons (Fsp3) is 0.500. The minimum Gasteiger partial charge on any atom is -0.377 e. The second kappa shape index (κ2) is 4.67. The number of halogens is 1. The van der Waals surface area contributed by atoms with E-state index in [9.17, 15) is 0 Å². The Balaban J connectivity index is 2.05. The van der Waals surface area contributed by atoms with Gasteiger partial charge in [-0.05, 0) is 37.5 Å². The van der Waals surface area contributed by atoms with Crippen LogP contribution in [0.25, 0.3) is 11.0 Å². The van der Waals surface area contributed by atoms with Crippen LogP contribution < -0.4 is 0 Å². The Kier molecular flexibility index (Phi) is 3.16. The standard InChI is InChI=1S/C14H17BrN2O/c1-3-12-10(4-5-18-12)14-16-11-7-9(15)6-8(2)13(11)17-14/h6-7,10,12H,3-5H2,1-2H3,(H,16,17). The number of aromatic amines is 1. The van der Waals surface area contributed by atoms with Crippen molar-refractivity contribution in [3.05, 3.63) is 28.0 Å². The molecule has 1 aromatic heterocycles. The van der Waals surface area contributed by atoms with Crippen molar-refractivity contribution in [2.75, 3.05) is 6.61 Å². The van der Waals surface area contributed by atoms with Gasteiger partial charge in [-0.25, -0.2) is 4.98 Å². The van der Waals surface area contributed by atoms with E-state index in [4.69, 9.17) is 9.72 Å². The number of H-pyrrole nitrogens is 1. The third-order valence-electron chi connectivity index (χ3n) is 3.72. The van der Waals surface area contributed by atoms with E-state index in [1.54, 1.807) is 0 Å². The lowest BCUT2D eigenvalue weighted by Gasteiger charge is -2.13. The molecule has 1 aliphatic heterocycles. The first-order valence-electron chi connectivity index (χ1n) is 6.46. The summed E-state index contributed by atoms with van der Waals surface area (Å²) >= 11 is 3.53. The summed E-state index contributed by atoms with van der Waals surface area (Å²) in [6, 6.07) is 4.20. The molecule has 2 aromatic rings. The van der Waals surface area contributed by atoms with E-state index in [0.29, 0.717) is 12.0 Å². The van der Waals surface area contributed by atoms with Gasteiger partial charge >= 0.3 is 0 Å². The lowest BCUT2D eigenvalue weighted by atomic mass is 9.99. The molecule has 4 heteroatoms. The van der Waals surface area contributed by atoms with E-state index in [-0.39, 0.29) is 0 Å². The number of hydrogen-bond donors (Lipinski definition) is 1. The Labute approximate surface area is 115 Å². The van der Waals surface area contributed by atoms with Crippen LogP contribution in [0.1, 0.15) is 37.1 Å². The van der Waals surface area contributed by atoms with Gasteiger partial charge in [0.15, 0.2) is 0 Å². The maximum Gasteiger partial charge on any atom is 0.113 e. The van der Waals surface area contributed by atoms with E-state index in [1.165, 1.54) is 5.56 Å². The highest BCUT2D eigenvalue weighted by molar-refractivity contribution is 9.10. The molecule has 0 amide bonds. The van der Waals surface area contributed by atoms with E-state index >= 15 is 0 Å². The van der Waals surface area contributed by atoms with Gasteiger partial charge in [0, 0.05) is 17.0 Å². The van der Waals surface area contributed by atoms with Crippen molar-refractivity contribution in [3.8, 4) is 0 Å². The molecule has 1 aliphatic rings. The molecule has 3 nitrogen and oxygen atoms in total. The van der Waals surface area contributed by atoms with Gasteiger partial charge in [-0.15, -0.1) is 0 Å². The van der Waals surface area contributed by atoms with Crippen molar-refractivity contribution < 1.29 is 4.74 Å². The van der Waals surface area contributed by atoms with Crippen LogP contribution in [0.2, 0.25) is 0 Å². The molecule has 0 saturated carbocycles. The van der Waals surface area contributed by atoms with Gasteiger partial charge in [0.05, 0.1) is 17.1 Å². The molecule has 2 heterocycles. The highest BCUT2D eigenvalue weighted by Crippen LogP contribution is 2.33. The lowest BCUT2D eigenvalue weighted by molar-refractivity contribution is 0.0996. The van der Waals surface area contributed by atoms with Crippen molar-refractivity contribution in [3.63, 3.8) is 0 Å². The summed E-state index contributed by atoms with van der Waals surface area (Å²) in [6.07, 6.45) is 2.43. The third-order valence-corrected chi connectivity index (χ3v) is 4.18. The predicted molar refractivity (Wildman–Crippen MR) is 75.9 cm³/mol. The molecule has 2 unspecified atom stereocenters. The smallest absolute Gasteiger partial charge is 0.113 e. The maximum atomic E-state index is 5.75. The number of nitrogens with zero attached hydrogens (tertiary/aromatic N) is 1. The van der Waals surface area contributed by atoms with Crippen LogP contribution in [0, 0.1) is 6.92 Å².